The zero-order valence-electron chi connectivity index (χ0n) is 23.6. The normalized spacial score (nSPS) is 17.7. The van der Waals surface area contributed by atoms with Crippen LogP contribution in [-0.4, -0.2) is 62.7 Å². The van der Waals surface area contributed by atoms with Gasteiger partial charge in [0.25, 0.3) is 5.91 Å². The Morgan fingerprint density at radius 2 is 1.58 bits per heavy atom. The quantitative estimate of drug-likeness (QED) is 0.178. The monoisotopic (exact) mass is 612 g/mol. The van der Waals surface area contributed by atoms with Crippen molar-refractivity contribution in [3.63, 3.8) is 0 Å². The van der Waals surface area contributed by atoms with Gasteiger partial charge in [0.05, 0.1) is 23.3 Å². The second kappa shape index (κ2) is 14.9. The van der Waals surface area contributed by atoms with Crippen LogP contribution in [0.5, 0.6) is 0 Å². The number of rotatable bonds is 12. The van der Waals surface area contributed by atoms with Gasteiger partial charge in [0, 0.05) is 18.0 Å². The minimum Gasteiger partial charge on any atom is -0.395 e. The molecular formula is C34H32N2O5S2. The van der Waals surface area contributed by atoms with Crippen LogP contribution in [0.25, 0.3) is 0 Å². The van der Waals surface area contributed by atoms with Gasteiger partial charge in [-0.3, -0.25) is 24.1 Å². The van der Waals surface area contributed by atoms with Crippen molar-refractivity contribution in [2.75, 3.05) is 19.7 Å². The van der Waals surface area contributed by atoms with E-state index in [-0.39, 0.29) is 37.8 Å². The average molecular weight is 613 g/mol. The highest BCUT2D eigenvalue weighted by Gasteiger charge is 2.52. The van der Waals surface area contributed by atoms with E-state index in [4.69, 9.17) is 23.7 Å². The Morgan fingerprint density at radius 1 is 0.953 bits per heavy atom. The number of carbonyl (C=O) groups is 4. The number of Topliss-reactive ketones (excluding diaryl/α,β-unsaturated/α-hetero) is 1. The van der Waals surface area contributed by atoms with E-state index in [1.165, 1.54) is 6.92 Å². The van der Waals surface area contributed by atoms with Crippen LogP contribution in [0.15, 0.2) is 84.9 Å². The Morgan fingerprint density at radius 3 is 2.16 bits per heavy atom. The fraction of sp³-hybridized carbons (Fsp3) is 0.265. The van der Waals surface area contributed by atoms with Crippen molar-refractivity contribution in [1.82, 2.24) is 10.2 Å². The summed E-state index contributed by atoms with van der Waals surface area (Å²) in [5.74, 6) is -0.830. The van der Waals surface area contributed by atoms with Crippen molar-refractivity contribution >= 4 is 51.7 Å². The zero-order valence-corrected chi connectivity index (χ0v) is 25.3. The number of thioether (sulfide) groups is 1. The minimum atomic E-state index is -0.868. The molecule has 7 nitrogen and oxygen atoms in total. The summed E-state index contributed by atoms with van der Waals surface area (Å²) in [5.41, 5.74) is 2.64. The van der Waals surface area contributed by atoms with Crippen molar-refractivity contribution < 1.29 is 24.3 Å². The largest absolute Gasteiger partial charge is 0.395 e. The Hall–Kier alpha value is -4.10. The van der Waals surface area contributed by atoms with E-state index in [1.54, 1.807) is 24.3 Å². The smallest absolute Gasteiger partial charge is 0.251 e. The summed E-state index contributed by atoms with van der Waals surface area (Å²) in [5, 5.41) is 10.8. The fourth-order valence-electron chi connectivity index (χ4n) is 5.36. The number of nitrogens with one attached hydrogen (secondary N) is 1. The van der Waals surface area contributed by atoms with Crippen LogP contribution in [0.1, 0.15) is 52.2 Å². The predicted octanol–water partition coefficient (Wildman–Crippen LogP) is 4.35. The molecule has 1 aliphatic heterocycles. The Bertz CT molecular complexity index is 1520. The highest BCUT2D eigenvalue weighted by atomic mass is 32.2. The third-order valence-electron chi connectivity index (χ3n) is 7.49. The third kappa shape index (κ3) is 7.46. The van der Waals surface area contributed by atoms with E-state index in [0.29, 0.717) is 15.3 Å². The number of aliphatic hydroxyl groups is 1. The molecule has 9 heteroatoms. The topological polar surface area (TPSA) is 104 Å². The van der Waals surface area contributed by atoms with Gasteiger partial charge in [-0.25, -0.2) is 0 Å². The van der Waals surface area contributed by atoms with E-state index < -0.39 is 34.8 Å². The molecule has 43 heavy (non-hydrogen) atoms. The first kappa shape index (κ1) is 31.8. The van der Waals surface area contributed by atoms with Crippen LogP contribution in [0.4, 0.5) is 0 Å². The second-order valence-electron chi connectivity index (χ2n) is 10.2. The number of ketones is 1. The number of carbonyl (C=O) groups excluding carboxylic acids is 4. The van der Waals surface area contributed by atoms with E-state index in [9.17, 15) is 19.2 Å². The molecule has 1 heterocycles. The molecule has 3 aromatic carbocycles. The standard InChI is InChI=1S/C34H32N2O5S2/c1-3-19-36-32(40)29(30(33(36)41)43-34(42)26-12-8-5-9-13-26)28(21-27(22(2)38)23-10-6-4-7-11-23)24-14-16-25(17-15-24)31(39)35-18-20-37/h1,4-17,27-30,37H,18-21H2,2H3,(H,35,39). The van der Waals surface area contributed by atoms with Gasteiger partial charge in [0.1, 0.15) is 11.0 Å². The highest BCUT2D eigenvalue weighted by Crippen LogP contribution is 2.45. The van der Waals surface area contributed by atoms with Crippen molar-refractivity contribution in [3.8, 4) is 12.3 Å². The lowest BCUT2D eigenvalue weighted by molar-refractivity contribution is -0.138. The first-order valence-corrected chi connectivity index (χ1v) is 15.1. The zero-order chi connectivity index (χ0) is 30.9. The van der Waals surface area contributed by atoms with Crippen LogP contribution in [0.2, 0.25) is 0 Å². The number of nitrogens with zero attached hydrogens (tertiary/aromatic N) is 1. The Balaban J connectivity index is 1.79. The molecule has 0 saturated carbocycles. The van der Waals surface area contributed by atoms with E-state index >= 15 is 0 Å². The maximum atomic E-state index is 14.0. The number of likely N-dealkylation sites (tertiary alicyclic amines) is 1. The lowest BCUT2D eigenvalue weighted by atomic mass is 9.75. The van der Waals surface area contributed by atoms with Gasteiger partial charge < -0.3 is 10.4 Å². The second-order valence-corrected chi connectivity index (χ2v) is 12.0. The van der Waals surface area contributed by atoms with Gasteiger partial charge in [0.2, 0.25) is 11.8 Å². The van der Waals surface area contributed by atoms with Crippen LogP contribution in [0, 0.1) is 18.3 Å². The minimum absolute atomic E-state index is 0.0718. The number of thiocarbonyl (C=S) groups is 1. The van der Waals surface area contributed by atoms with E-state index in [2.05, 4.69) is 11.2 Å². The first-order chi connectivity index (χ1) is 20.8. The maximum Gasteiger partial charge on any atom is 0.251 e. The Kier molecular flexibility index (Phi) is 11.0. The summed E-state index contributed by atoms with van der Waals surface area (Å²) in [7, 11) is 0. The third-order valence-corrected chi connectivity index (χ3v) is 9.22. The summed E-state index contributed by atoms with van der Waals surface area (Å²) in [6.07, 6.45) is 5.80. The van der Waals surface area contributed by atoms with Crippen molar-refractivity contribution in [2.24, 2.45) is 5.92 Å². The lowest BCUT2D eigenvalue weighted by Gasteiger charge is -2.29. The molecule has 0 spiro atoms. The fourth-order valence-corrected chi connectivity index (χ4v) is 6.99. The molecule has 0 radical (unpaired) electrons. The number of terminal acetylenes is 1. The average Bonchev–Trinajstić information content (AvgIpc) is 3.25. The molecule has 4 unspecified atom stereocenters. The van der Waals surface area contributed by atoms with Crippen LogP contribution < -0.4 is 5.32 Å². The van der Waals surface area contributed by atoms with Gasteiger partial charge in [-0.2, -0.15) is 0 Å². The predicted molar refractivity (Wildman–Crippen MR) is 172 cm³/mol. The summed E-state index contributed by atoms with van der Waals surface area (Å²) >= 11 is 6.88. The molecule has 3 aromatic rings. The molecule has 4 rings (SSSR count). The van der Waals surface area contributed by atoms with Crippen LogP contribution in [0.3, 0.4) is 0 Å². The molecule has 0 bridgehead atoms. The molecule has 0 aliphatic carbocycles. The molecule has 1 saturated heterocycles. The van der Waals surface area contributed by atoms with Crippen LogP contribution >= 0.6 is 24.0 Å². The summed E-state index contributed by atoms with van der Waals surface area (Å²) < 4.78 is 0.472. The number of imide groups is 1. The van der Waals surface area contributed by atoms with Crippen molar-refractivity contribution in [3.05, 3.63) is 107 Å². The maximum absolute atomic E-state index is 14.0. The molecule has 0 aromatic heterocycles. The van der Waals surface area contributed by atoms with Gasteiger partial charge in [0.15, 0.2) is 0 Å². The first-order valence-electron chi connectivity index (χ1n) is 13.9. The Labute approximate surface area is 261 Å². The summed E-state index contributed by atoms with van der Waals surface area (Å²) in [6, 6.07) is 25.4. The van der Waals surface area contributed by atoms with E-state index in [0.717, 1.165) is 27.8 Å². The molecule has 3 amide bonds. The van der Waals surface area contributed by atoms with Gasteiger partial charge in [-0.05, 0) is 48.1 Å². The molecule has 4 atom stereocenters. The number of benzene rings is 3. The van der Waals surface area contributed by atoms with Crippen molar-refractivity contribution in [2.45, 2.75) is 30.4 Å². The van der Waals surface area contributed by atoms with Gasteiger partial charge >= 0.3 is 0 Å². The van der Waals surface area contributed by atoms with Crippen molar-refractivity contribution in [1.29, 1.82) is 0 Å². The number of hydrogen-bond donors (Lipinski definition) is 2. The SMILES string of the molecule is C#CCN1C(=O)C(SC(=S)c2ccccc2)C(C(CC(C(C)=O)c2ccccc2)c2ccc(C(=O)NCCO)cc2)C1=O. The highest BCUT2D eigenvalue weighted by molar-refractivity contribution is 8.24. The molecule has 1 aliphatic rings. The lowest BCUT2D eigenvalue weighted by Crippen LogP contribution is -2.32. The molecular weight excluding hydrogens is 581 g/mol. The number of aliphatic hydroxyl groups excluding tert-OH is 1. The summed E-state index contributed by atoms with van der Waals surface area (Å²) in [4.78, 5) is 54.4. The summed E-state index contributed by atoms with van der Waals surface area (Å²) in [6.45, 7) is 1.28. The molecule has 220 valence electrons. The number of amides is 3. The van der Waals surface area contributed by atoms with Gasteiger partial charge in [-0.1, -0.05) is 103 Å². The van der Waals surface area contributed by atoms with Gasteiger partial charge in [-0.15, -0.1) is 6.42 Å². The molecule has 2 N–H and O–H groups in total. The van der Waals surface area contributed by atoms with E-state index in [1.807, 2.05) is 60.7 Å². The number of hydrogen-bond acceptors (Lipinski definition) is 7. The van der Waals surface area contributed by atoms with Crippen LogP contribution in [-0.2, 0) is 14.4 Å². The molecule has 1 fully saturated rings.